The van der Waals surface area contributed by atoms with E-state index in [0.717, 1.165) is 11.2 Å². The Balaban J connectivity index is 1.51. The molecule has 2 amide bonds. The second-order valence-electron chi connectivity index (χ2n) is 7.50. The van der Waals surface area contributed by atoms with Crippen LogP contribution in [-0.2, 0) is 9.59 Å². The molecule has 174 valence electrons. The summed E-state index contributed by atoms with van der Waals surface area (Å²) in [7, 11) is 0. The molecule has 1 atom stereocenters. The van der Waals surface area contributed by atoms with Crippen molar-refractivity contribution in [3.05, 3.63) is 89.7 Å². The van der Waals surface area contributed by atoms with Crippen LogP contribution in [0.1, 0.15) is 18.0 Å². The first-order chi connectivity index (χ1) is 16.2. The van der Waals surface area contributed by atoms with Gasteiger partial charge in [0, 0.05) is 28.7 Å². The third kappa shape index (κ3) is 5.55. The fourth-order valence-electron chi connectivity index (χ4n) is 3.41. The zero-order valence-electron chi connectivity index (χ0n) is 17.5. The van der Waals surface area contributed by atoms with Crippen molar-refractivity contribution in [3.8, 4) is 11.3 Å². The van der Waals surface area contributed by atoms with Crippen LogP contribution in [0, 0.1) is 0 Å². The number of carbonyl (C=O) groups excluding carboxylic acids is 2. The van der Waals surface area contributed by atoms with E-state index in [0.29, 0.717) is 22.0 Å². The average Bonchev–Trinajstić information content (AvgIpc) is 3.23. The molecule has 0 saturated heterocycles. The van der Waals surface area contributed by atoms with Gasteiger partial charge in [0.05, 0.1) is 18.2 Å². The number of carbonyl (C=O) groups is 2. The molecule has 4 aromatic rings. The molecule has 0 aliphatic heterocycles. The Kier molecular flexibility index (Phi) is 6.56. The van der Waals surface area contributed by atoms with Gasteiger partial charge >= 0.3 is 12.1 Å². The van der Waals surface area contributed by atoms with Crippen molar-refractivity contribution in [3.63, 3.8) is 0 Å². The zero-order valence-corrected chi connectivity index (χ0v) is 18.3. The van der Waals surface area contributed by atoms with Gasteiger partial charge in [0.25, 0.3) is 0 Å². The minimum absolute atomic E-state index is 0.315. The van der Waals surface area contributed by atoms with E-state index in [2.05, 4.69) is 10.3 Å². The maximum absolute atomic E-state index is 12.8. The lowest BCUT2D eigenvalue weighted by Crippen LogP contribution is -2.40. The van der Waals surface area contributed by atoms with Gasteiger partial charge in [0.15, 0.2) is 0 Å². The lowest BCUT2D eigenvalue weighted by molar-refractivity contribution is -0.174. The molecule has 1 unspecified atom stereocenters. The highest BCUT2D eigenvalue weighted by molar-refractivity contribution is 6.30. The highest BCUT2D eigenvalue weighted by atomic mass is 35.5. The lowest BCUT2D eigenvalue weighted by Gasteiger charge is -2.20. The molecule has 10 heteroatoms. The Hall–Kier alpha value is -3.85. The quantitative estimate of drug-likeness (QED) is 0.383. The monoisotopic (exact) mass is 486 g/mol. The van der Waals surface area contributed by atoms with Gasteiger partial charge in [-0.25, -0.2) is 4.98 Å². The summed E-state index contributed by atoms with van der Waals surface area (Å²) < 4.78 is 40.3. The number of pyridine rings is 1. The second kappa shape index (κ2) is 9.56. The van der Waals surface area contributed by atoms with Crippen molar-refractivity contribution in [1.82, 2.24) is 14.7 Å². The summed E-state index contributed by atoms with van der Waals surface area (Å²) in [6, 6.07) is 17.2. The number of anilines is 1. The van der Waals surface area contributed by atoms with E-state index in [1.165, 1.54) is 24.3 Å². The molecule has 4 rings (SSSR count). The summed E-state index contributed by atoms with van der Waals surface area (Å²) in [5.41, 5.74) is 2.96. The lowest BCUT2D eigenvalue weighted by atomic mass is 10.0. The third-order valence-electron chi connectivity index (χ3n) is 5.03. The van der Waals surface area contributed by atoms with Crippen molar-refractivity contribution in [2.45, 2.75) is 18.6 Å². The zero-order chi connectivity index (χ0) is 24.3. The molecule has 34 heavy (non-hydrogen) atoms. The van der Waals surface area contributed by atoms with Crippen molar-refractivity contribution in [1.29, 1.82) is 0 Å². The second-order valence-corrected chi connectivity index (χ2v) is 7.94. The highest BCUT2D eigenvalue weighted by Gasteiger charge is 2.40. The number of hydrogen-bond acceptors (Lipinski definition) is 3. The van der Waals surface area contributed by atoms with Crippen molar-refractivity contribution >= 4 is 34.7 Å². The van der Waals surface area contributed by atoms with Crippen LogP contribution in [0.2, 0.25) is 5.02 Å². The van der Waals surface area contributed by atoms with Crippen LogP contribution >= 0.6 is 11.6 Å². The Bertz CT molecular complexity index is 1300. The minimum atomic E-state index is -5.08. The first-order valence-electron chi connectivity index (χ1n) is 10.2. The number of nitrogens with zero attached hydrogens (tertiary/aromatic N) is 2. The molecule has 2 heterocycles. The molecule has 6 nitrogen and oxygen atoms in total. The Morgan fingerprint density at radius 1 is 1.03 bits per heavy atom. The topological polar surface area (TPSA) is 75.5 Å². The van der Waals surface area contributed by atoms with Gasteiger partial charge in [0.1, 0.15) is 5.65 Å². The molecule has 2 aromatic heterocycles. The number of halogens is 4. The average molecular weight is 487 g/mol. The van der Waals surface area contributed by atoms with Gasteiger partial charge in [-0.1, -0.05) is 41.9 Å². The molecule has 0 aliphatic carbocycles. The summed E-state index contributed by atoms with van der Waals surface area (Å²) in [6.45, 7) is 0. The first kappa shape index (κ1) is 23.3. The van der Waals surface area contributed by atoms with Crippen LogP contribution in [0.5, 0.6) is 0 Å². The van der Waals surface area contributed by atoms with Gasteiger partial charge in [-0.05, 0) is 42.0 Å². The number of rotatable bonds is 6. The Morgan fingerprint density at radius 2 is 1.79 bits per heavy atom. The number of imidazole rings is 1. The first-order valence-corrected chi connectivity index (χ1v) is 10.5. The Labute approximate surface area is 197 Å². The van der Waals surface area contributed by atoms with E-state index < -0.39 is 30.5 Å². The van der Waals surface area contributed by atoms with Gasteiger partial charge in [0.2, 0.25) is 5.91 Å². The van der Waals surface area contributed by atoms with E-state index in [1.54, 1.807) is 18.2 Å². The number of nitrogens with one attached hydrogen (secondary N) is 2. The minimum Gasteiger partial charge on any atom is -0.341 e. The van der Waals surface area contributed by atoms with Gasteiger partial charge in [-0.2, -0.15) is 13.2 Å². The predicted molar refractivity (Wildman–Crippen MR) is 122 cm³/mol. The largest absolute Gasteiger partial charge is 0.471 e. The van der Waals surface area contributed by atoms with Crippen LogP contribution in [0.4, 0.5) is 18.9 Å². The number of benzene rings is 2. The van der Waals surface area contributed by atoms with E-state index in [9.17, 15) is 22.8 Å². The molecule has 2 aromatic carbocycles. The fourth-order valence-corrected chi connectivity index (χ4v) is 3.54. The molecule has 0 fully saturated rings. The summed E-state index contributed by atoms with van der Waals surface area (Å²) in [5.74, 6) is -2.70. The van der Waals surface area contributed by atoms with E-state index in [-0.39, 0.29) is 0 Å². The molecule has 0 radical (unpaired) electrons. The highest BCUT2D eigenvalue weighted by Crippen LogP contribution is 2.25. The van der Waals surface area contributed by atoms with E-state index >= 15 is 0 Å². The van der Waals surface area contributed by atoms with Crippen molar-refractivity contribution in [2.24, 2.45) is 0 Å². The molecule has 0 aliphatic rings. The van der Waals surface area contributed by atoms with Crippen molar-refractivity contribution in [2.75, 3.05) is 5.32 Å². The normalized spacial score (nSPS) is 12.4. The maximum atomic E-state index is 12.8. The Morgan fingerprint density at radius 3 is 2.50 bits per heavy atom. The number of fused-ring (bicyclic) bond motifs is 1. The standard InChI is InChI=1S/C24H18ClF3N4O2/c25-17-9-7-15(8-10-17)19(31-23(34)24(26,27)28)13-22(33)29-18-5-3-4-16(12-18)20-14-32-11-2-1-6-21(32)30-20/h1-12,14,19H,13H2,(H,29,33)(H,31,34). The van der Waals surface area contributed by atoms with Gasteiger partial charge in [-0.3, -0.25) is 9.59 Å². The molecule has 0 spiro atoms. The van der Waals surface area contributed by atoms with Gasteiger partial charge < -0.3 is 15.0 Å². The van der Waals surface area contributed by atoms with Crippen LogP contribution in [0.25, 0.3) is 16.9 Å². The van der Waals surface area contributed by atoms with E-state index in [1.807, 2.05) is 46.4 Å². The number of amides is 2. The third-order valence-corrected chi connectivity index (χ3v) is 5.28. The predicted octanol–water partition coefficient (Wildman–Crippen LogP) is 5.40. The van der Waals surface area contributed by atoms with E-state index in [4.69, 9.17) is 11.6 Å². The van der Waals surface area contributed by atoms with Crippen LogP contribution in [0.3, 0.4) is 0 Å². The number of hydrogen-bond donors (Lipinski definition) is 2. The number of aromatic nitrogens is 2. The number of alkyl halides is 3. The molecule has 2 N–H and O–H groups in total. The smallest absolute Gasteiger partial charge is 0.341 e. The van der Waals surface area contributed by atoms with Crippen LogP contribution < -0.4 is 10.6 Å². The summed E-state index contributed by atoms with van der Waals surface area (Å²) in [5, 5.41) is 4.93. The molecule has 0 saturated carbocycles. The SMILES string of the molecule is O=C(CC(NC(=O)C(F)(F)F)c1ccc(Cl)cc1)Nc1cccc(-c2cn3ccccc3n2)c1. The molecular formula is C24H18ClF3N4O2. The van der Waals surface area contributed by atoms with Crippen molar-refractivity contribution < 1.29 is 22.8 Å². The summed E-state index contributed by atoms with van der Waals surface area (Å²) in [4.78, 5) is 28.8. The van der Waals surface area contributed by atoms with Crippen LogP contribution in [0.15, 0.2) is 79.1 Å². The molecule has 0 bridgehead atoms. The summed E-state index contributed by atoms with van der Waals surface area (Å²) >= 11 is 5.85. The maximum Gasteiger partial charge on any atom is 0.471 e. The molecular weight excluding hydrogens is 469 g/mol. The van der Waals surface area contributed by atoms with Gasteiger partial charge in [-0.15, -0.1) is 0 Å². The fraction of sp³-hybridized carbons (Fsp3) is 0.125. The van der Waals surface area contributed by atoms with Crippen LogP contribution in [-0.4, -0.2) is 27.4 Å². The summed E-state index contributed by atoms with van der Waals surface area (Å²) in [6.07, 6.45) is -1.78.